The summed E-state index contributed by atoms with van der Waals surface area (Å²) in [7, 11) is 0. The number of nitrogens with zero attached hydrogens (tertiary/aromatic N) is 1. The number of rotatable bonds is 5. The van der Waals surface area contributed by atoms with Gasteiger partial charge in [-0.2, -0.15) is 0 Å². The van der Waals surface area contributed by atoms with Crippen LogP contribution in [0.3, 0.4) is 0 Å². The van der Waals surface area contributed by atoms with Gasteiger partial charge in [-0.15, -0.1) is 0 Å². The summed E-state index contributed by atoms with van der Waals surface area (Å²) in [5, 5.41) is 0. The number of anilines is 1. The van der Waals surface area contributed by atoms with E-state index in [1.807, 2.05) is 0 Å². The summed E-state index contributed by atoms with van der Waals surface area (Å²) >= 11 is 0. The molecule has 0 radical (unpaired) electrons. The molecular formula is C14H14FNO3. The molecule has 0 fully saturated rings. The van der Waals surface area contributed by atoms with Crippen molar-refractivity contribution in [3.63, 3.8) is 0 Å². The molecule has 0 aromatic heterocycles. The maximum atomic E-state index is 13.2. The van der Waals surface area contributed by atoms with E-state index in [-0.39, 0.29) is 17.9 Å². The Morgan fingerprint density at radius 3 is 2.74 bits per heavy atom. The minimum Gasteiger partial charge on any atom is -0.305 e. The predicted octanol–water partition coefficient (Wildman–Crippen LogP) is 2.11. The van der Waals surface area contributed by atoms with Gasteiger partial charge in [0, 0.05) is 19.4 Å². The van der Waals surface area contributed by atoms with Crippen LogP contribution >= 0.6 is 0 Å². The van der Waals surface area contributed by atoms with E-state index in [1.165, 1.54) is 17.0 Å². The molecular weight excluding hydrogens is 249 g/mol. The highest BCUT2D eigenvalue weighted by atomic mass is 19.1. The summed E-state index contributed by atoms with van der Waals surface area (Å²) in [5.41, 5.74) is 0.534. The fraction of sp³-hybridized carbons (Fsp3) is 0.357. The lowest BCUT2D eigenvalue weighted by molar-refractivity contribution is -0.119. The zero-order chi connectivity index (χ0) is 14.0. The summed E-state index contributed by atoms with van der Waals surface area (Å²) in [6.07, 6.45) is 1.29. The summed E-state index contributed by atoms with van der Waals surface area (Å²) in [4.78, 5) is 35.9. The Hall–Kier alpha value is -2.04. The summed E-state index contributed by atoms with van der Waals surface area (Å²) < 4.78 is 13.2. The molecule has 1 aliphatic rings. The van der Waals surface area contributed by atoms with Gasteiger partial charge in [-0.3, -0.25) is 14.4 Å². The summed E-state index contributed by atoms with van der Waals surface area (Å²) in [6.45, 7) is 2.03. The second-order valence-corrected chi connectivity index (χ2v) is 4.44. The van der Waals surface area contributed by atoms with Crippen LogP contribution in [0, 0.1) is 5.82 Å². The highest BCUT2D eigenvalue weighted by Gasteiger charge is 2.35. The highest BCUT2D eigenvalue weighted by Crippen LogP contribution is 2.29. The van der Waals surface area contributed by atoms with Crippen LogP contribution in [0.4, 0.5) is 10.1 Å². The Bertz CT molecular complexity index is 554. The third-order valence-electron chi connectivity index (χ3n) is 3.17. The molecule has 1 aromatic carbocycles. The van der Waals surface area contributed by atoms with E-state index in [1.54, 1.807) is 6.92 Å². The Morgan fingerprint density at radius 1 is 1.32 bits per heavy atom. The molecule has 0 bridgehead atoms. The van der Waals surface area contributed by atoms with E-state index in [0.717, 1.165) is 6.07 Å². The maximum absolute atomic E-state index is 13.2. The van der Waals surface area contributed by atoms with Crippen LogP contribution in [0.15, 0.2) is 18.2 Å². The molecule has 19 heavy (non-hydrogen) atoms. The normalized spacial score (nSPS) is 13.9. The molecule has 0 aliphatic carbocycles. The van der Waals surface area contributed by atoms with E-state index >= 15 is 0 Å². The maximum Gasteiger partial charge on any atom is 0.299 e. The molecule has 0 N–H and O–H groups in total. The first kappa shape index (κ1) is 13.4. The first-order chi connectivity index (χ1) is 9.04. The van der Waals surface area contributed by atoms with Crippen LogP contribution in [0.25, 0.3) is 0 Å². The monoisotopic (exact) mass is 263 g/mol. The van der Waals surface area contributed by atoms with Crippen LogP contribution in [-0.4, -0.2) is 24.0 Å². The fourth-order valence-electron chi connectivity index (χ4n) is 2.10. The van der Waals surface area contributed by atoms with Crippen LogP contribution in [0.2, 0.25) is 0 Å². The minimum absolute atomic E-state index is 0.109. The zero-order valence-electron chi connectivity index (χ0n) is 10.6. The van der Waals surface area contributed by atoms with Gasteiger partial charge in [0.1, 0.15) is 11.6 Å². The zero-order valence-corrected chi connectivity index (χ0v) is 10.6. The summed E-state index contributed by atoms with van der Waals surface area (Å²) in [6, 6.07) is 3.66. The molecule has 0 unspecified atom stereocenters. The van der Waals surface area contributed by atoms with E-state index in [2.05, 4.69) is 0 Å². The van der Waals surface area contributed by atoms with Gasteiger partial charge in [-0.25, -0.2) is 4.39 Å². The van der Waals surface area contributed by atoms with Crippen LogP contribution in [-0.2, 0) is 9.59 Å². The molecule has 100 valence electrons. The lowest BCUT2D eigenvalue weighted by atomic mass is 10.1. The number of Topliss-reactive ketones (excluding diaryl/α,β-unsaturated/α-hetero) is 2. The second-order valence-electron chi connectivity index (χ2n) is 4.44. The quantitative estimate of drug-likeness (QED) is 0.764. The van der Waals surface area contributed by atoms with E-state index in [0.29, 0.717) is 24.9 Å². The summed E-state index contributed by atoms with van der Waals surface area (Å²) in [5.74, 6) is -1.64. The molecule has 0 atom stereocenters. The van der Waals surface area contributed by atoms with Crippen molar-refractivity contribution >= 4 is 23.2 Å². The van der Waals surface area contributed by atoms with Gasteiger partial charge in [0.2, 0.25) is 0 Å². The van der Waals surface area contributed by atoms with Crippen molar-refractivity contribution in [1.29, 1.82) is 0 Å². The van der Waals surface area contributed by atoms with Gasteiger partial charge in [0.15, 0.2) is 0 Å². The van der Waals surface area contributed by atoms with Gasteiger partial charge in [-0.1, -0.05) is 6.92 Å². The fourth-order valence-corrected chi connectivity index (χ4v) is 2.10. The lowest BCUT2D eigenvalue weighted by Gasteiger charge is -2.15. The molecule has 0 saturated carbocycles. The number of carbonyl (C=O) groups excluding carboxylic acids is 3. The van der Waals surface area contributed by atoms with Gasteiger partial charge < -0.3 is 4.90 Å². The molecule has 1 aliphatic heterocycles. The number of ketones is 2. The topological polar surface area (TPSA) is 54.5 Å². The Kier molecular flexibility index (Phi) is 3.74. The van der Waals surface area contributed by atoms with Crippen molar-refractivity contribution < 1.29 is 18.8 Å². The number of hydrogen-bond acceptors (Lipinski definition) is 3. The Balaban J connectivity index is 2.14. The smallest absolute Gasteiger partial charge is 0.299 e. The third kappa shape index (κ3) is 2.54. The largest absolute Gasteiger partial charge is 0.305 e. The van der Waals surface area contributed by atoms with Crippen LogP contribution in [0.1, 0.15) is 36.5 Å². The molecule has 1 heterocycles. The Labute approximate surface area is 110 Å². The van der Waals surface area contributed by atoms with Gasteiger partial charge in [-0.05, 0) is 24.6 Å². The van der Waals surface area contributed by atoms with Crippen molar-refractivity contribution in [1.82, 2.24) is 0 Å². The van der Waals surface area contributed by atoms with Crippen LogP contribution < -0.4 is 4.90 Å². The molecule has 0 saturated heterocycles. The standard InChI is InChI=1S/C14H14FNO3/c1-2-10(17)4-3-7-16-12-8-9(15)5-6-11(12)13(18)14(16)19/h5-6,8H,2-4,7H2,1H3. The van der Waals surface area contributed by atoms with E-state index in [4.69, 9.17) is 0 Å². The first-order valence-corrected chi connectivity index (χ1v) is 6.22. The molecule has 5 heteroatoms. The average molecular weight is 263 g/mol. The number of halogens is 1. The van der Waals surface area contributed by atoms with Crippen molar-refractivity contribution in [3.8, 4) is 0 Å². The molecule has 1 amide bonds. The average Bonchev–Trinajstić information content (AvgIpc) is 2.63. The molecule has 0 spiro atoms. The third-order valence-corrected chi connectivity index (χ3v) is 3.17. The van der Waals surface area contributed by atoms with Crippen molar-refractivity contribution in [2.24, 2.45) is 0 Å². The SMILES string of the molecule is CCC(=O)CCCN1C(=O)C(=O)c2ccc(F)cc21. The first-order valence-electron chi connectivity index (χ1n) is 6.22. The minimum atomic E-state index is -0.649. The van der Waals surface area contributed by atoms with Crippen molar-refractivity contribution in [2.75, 3.05) is 11.4 Å². The van der Waals surface area contributed by atoms with Crippen molar-refractivity contribution in [3.05, 3.63) is 29.6 Å². The number of amides is 1. The van der Waals surface area contributed by atoms with E-state index in [9.17, 15) is 18.8 Å². The van der Waals surface area contributed by atoms with E-state index < -0.39 is 17.5 Å². The number of fused-ring (bicyclic) bond motifs is 1. The number of benzene rings is 1. The van der Waals surface area contributed by atoms with Gasteiger partial charge in [0.05, 0.1) is 11.3 Å². The Morgan fingerprint density at radius 2 is 2.05 bits per heavy atom. The predicted molar refractivity (Wildman–Crippen MR) is 67.6 cm³/mol. The lowest BCUT2D eigenvalue weighted by Crippen LogP contribution is -2.30. The number of hydrogen-bond donors (Lipinski definition) is 0. The second kappa shape index (κ2) is 5.30. The van der Waals surface area contributed by atoms with Crippen LogP contribution in [0.5, 0.6) is 0 Å². The van der Waals surface area contributed by atoms with Gasteiger partial charge >= 0.3 is 0 Å². The number of carbonyl (C=O) groups is 3. The van der Waals surface area contributed by atoms with Crippen molar-refractivity contribution in [2.45, 2.75) is 26.2 Å². The van der Waals surface area contributed by atoms with Gasteiger partial charge in [0.25, 0.3) is 11.7 Å². The molecule has 1 aromatic rings. The molecule has 4 nitrogen and oxygen atoms in total. The molecule has 2 rings (SSSR count). The highest BCUT2D eigenvalue weighted by molar-refractivity contribution is 6.52.